The zero-order chi connectivity index (χ0) is 36.3. The molecule has 2 nitrogen and oxygen atoms in total. The van der Waals surface area contributed by atoms with Gasteiger partial charge in [0.25, 0.3) is 0 Å². The van der Waals surface area contributed by atoms with Gasteiger partial charge in [-0.1, -0.05) is 144 Å². The van der Waals surface area contributed by atoms with Crippen molar-refractivity contribution < 1.29 is 0 Å². The van der Waals surface area contributed by atoms with Crippen LogP contribution >= 0.6 is 11.3 Å². The van der Waals surface area contributed by atoms with Gasteiger partial charge in [0.05, 0.1) is 0 Å². The lowest BCUT2D eigenvalue weighted by atomic mass is 10.0. The molecule has 1 aromatic heterocycles. The van der Waals surface area contributed by atoms with Gasteiger partial charge in [-0.3, -0.25) is 0 Å². The van der Waals surface area contributed by atoms with Gasteiger partial charge in [0, 0.05) is 44.1 Å². The summed E-state index contributed by atoms with van der Waals surface area (Å²) in [6.07, 6.45) is 4.39. The maximum atomic E-state index is 2.40. The van der Waals surface area contributed by atoms with Crippen molar-refractivity contribution in [2.75, 3.05) is 9.80 Å². The summed E-state index contributed by atoms with van der Waals surface area (Å²) in [5.41, 5.74) is 14.3. The van der Waals surface area contributed by atoms with E-state index >= 15 is 0 Å². The number of fused-ring (bicyclic) bond motifs is 1. The van der Waals surface area contributed by atoms with Crippen LogP contribution in [0.3, 0.4) is 0 Å². The van der Waals surface area contributed by atoms with Gasteiger partial charge in [0.15, 0.2) is 0 Å². The van der Waals surface area contributed by atoms with Crippen molar-refractivity contribution in [2.45, 2.75) is 27.7 Å². The molecule has 0 aliphatic carbocycles. The van der Waals surface area contributed by atoms with E-state index in [2.05, 4.69) is 220 Å². The highest BCUT2D eigenvalue weighted by molar-refractivity contribution is 7.21. The van der Waals surface area contributed by atoms with E-state index in [1.165, 1.54) is 54.0 Å². The first-order valence-electron chi connectivity index (χ1n) is 18.2. The first-order valence-corrected chi connectivity index (χ1v) is 19.0. The summed E-state index contributed by atoms with van der Waals surface area (Å²) in [7, 11) is 0. The highest BCUT2D eigenvalue weighted by Gasteiger charge is 2.21. The first kappa shape index (κ1) is 34.0. The maximum Gasteiger partial charge on any atom is 0.109 e. The van der Waals surface area contributed by atoms with Crippen LogP contribution in [0.25, 0.3) is 33.4 Å². The second-order valence-electron chi connectivity index (χ2n) is 13.8. The van der Waals surface area contributed by atoms with Crippen molar-refractivity contribution in [1.82, 2.24) is 0 Å². The number of hydrogen-bond donors (Lipinski definition) is 0. The number of aryl methyl sites for hydroxylation is 4. The molecule has 0 bridgehead atoms. The molecule has 0 atom stereocenters. The zero-order valence-electron chi connectivity index (χ0n) is 30.6. The van der Waals surface area contributed by atoms with Gasteiger partial charge in [-0.25, -0.2) is 0 Å². The molecule has 0 aliphatic rings. The third kappa shape index (κ3) is 7.30. The summed E-state index contributed by atoms with van der Waals surface area (Å²) in [5.74, 6) is 0. The molecule has 0 spiro atoms. The van der Waals surface area contributed by atoms with Crippen LogP contribution < -0.4 is 9.80 Å². The Bertz CT molecular complexity index is 2400. The van der Waals surface area contributed by atoms with Crippen molar-refractivity contribution in [3.05, 3.63) is 203 Å². The van der Waals surface area contributed by atoms with E-state index in [-0.39, 0.29) is 0 Å². The summed E-state index contributed by atoms with van der Waals surface area (Å²) in [5, 5.41) is 3.74. The average molecular weight is 703 g/mol. The first-order chi connectivity index (χ1) is 25.9. The Balaban J connectivity index is 1.07. The molecule has 8 rings (SSSR count). The standard InChI is InChI=1S/C50H42N2S/c1-35-9-25-42(26-10-35)51(43-27-11-36(2)12-28-43)44-33-21-40(22-34-44)18-17-39-19-23-41(24-20-39)49-47-7-5-6-8-48(47)50(53-49)52(45-29-13-37(3)14-30-45)46-31-15-38(4)16-32-46/h5-34H,1-4H3/b18-17+. The van der Waals surface area contributed by atoms with Gasteiger partial charge >= 0.3 is 0 Å². The molecular formula is C50H42N2S. The molecule has 1 heterocycles. The number of hydrogen-bond acceptors (Lipinski definition) is 3. The van der Waals surface area contributed by atoms with E-state index < -0.39 is 0 Å². The molecule has 0 saturated carbocycles. The maximum absolute atomic E-state index is 2.40. The van der Waals surface area contributed by atoms with Gasteiger partial charge in [0.1, 0.15) is 5.00 Å². The minimum absolute atomic E-state index is 1.13. The summed E-state index contributed by atoms with van der Waals surface area (Å²) in [4.78, 5) is 5.99. The molecule has 53 heavy (non-hydrogen) atoms. The lowest BCUT2D eigenvalue weighted by Crippen LogP contribution is -2.09. The highest BCUT2D eigenvalue weighted by atomic mass is 32.1. The lowest BCUT2D eigenvalue weighted by Gasteiger charge is -2.25. The monoisotopic (exact) mass is 702 g/mol. The Morgan fingerprint density at radius 3 is 1.11 bits per heavy atom. The molecule has 0 fully saturated rings. The van der Waals surface area contributed by atoms with E-state index in [4.69, 9.17) is 0 Å². The van der Waals surface area contributed by atoms with E-state index in [0.717, 1.165) is 34.0 Å². The molecule has 0 amide bonds. The lowest BCUT2D eigenvalue weighted by molar-refractivity contribution is 1.27. The van der Waals surface area contributed by atoms with E-state index in [9.17, 15) is 0 Å². The Hall–Kier alpha value is -6.16. The molecule has 0 aliphatic heterocycles. The summed E-state index contributed by atoms with van der Waals surface area (Å²) < 4.78 is 0. The second-order valence-corrected chi connectivity index (χ2v) is 14.8. The topological polar surface area (TPSA) is 6.48 Å². The molecule has 8 aromatic rings. The largest absolute Gasteiger partial charge is 0.311 e. The third-order valence-electron chi connectivity index (χ3n) is 9.76. The number of rotatable bonds is 9. The van der Waals surface area contributed by atoms with Crippen LogP contribution in [0.2, 0.25) is 0 Å². The minimum atomic E-state index is 1.13. The van der Waals surface area contributed by atoms with Gasteiger partial charge in [0.2, 0.25) is 0 Å². The Morgan fingerprint density at radius 2 is 0.698 bits per heavy atom. The number of nitrogens with zero attached hydrogens (tertiary/aromatic N) is 2. The van der Waals surface area contributed by atoms with Gasteiger partial charge in [-0.2, -0.15) is 0 Å². The van der Waals surface area contributed by atoms with Crippen LogP contribution in [0, 0.1) is 27.7 Å². The minimum Gasteiger partial charge on any atom is -0.311 e. The average Bonchev–Trinajstić information content (AvgIpc) is 3.57. The van der Waals surface area contributed by atoms with Gasteiger partial charge in [-0.15, -0.1) is 11.3 Å². The van der Waals surface area contributed by atoms with Gasteiger partial charge in [-0.05, 0) is 105 Å². The Labute approximate surface area is 317 Å². The van der Waals surface area contributed by atoms with Crippen LogP contribution in [-0.4, -0.2) is 0 Å². The molecule has 0 saturated heterocycles. The van der Waals surface area contributed by atoms with Crippen LogP contribution in [0.4, 0.5) is 33.4 Å². The molecule has 0 radical (unpaired) electrons. The number of anilines is 6. The van der Waals surface area contributed by atoms with Crippen LogP contribution in [0.15, 0.2) is 170 Å². The van der Waals surface area contributed by atoms with E-state index in [1.54, 1.807) is 0 Å². The molecule has 0 unspecified atom stereocenters. The highest BCUT2D eigenvalue weighted by Crippen LogP contribution is 2.49. The fourth-order valence-corrected chi connectivity index (χ4v) is 8.06. The normalized spacial score (nSPS) is 11.3. The summed E-state index contributed by atoms with van der Waals surface area (Å²) >= 11 is 1.85. The molecule has 258 valence electrons. The van der Waals surface area contributed by atoms with Crippen molar-refractivity contribution in [3.8, 4) is 10.4 Å². The molecule has 3 heteroatoms. The molecule has 7 aromatic carbocycles. The Kier molecular flexibility index (Phi) is 9.50. The molecule has 0 N–H and O–H groups in total. The van der Waals surface area contributed by atoms with Crippen molar-refractivity contribution in [2.24, 2.45) is 0 Å². The van der Waals surface area contributed by atoms with Crippen molar-refractivity contribution >= 4 is 67.7 Å². The quantitative estimate of drug-likeness (QED) is 0.138. The predicted molar refractivity (Wildman–Crippen MR) is 231 cm³/mol. The van der Waals surface area contributed by atoms with Crippen LogP contribution in [0.1, 0.15) is 33.4 Å². The fourth-order valence-electron chi connectivity index (χ4n) is 6.73. The number of benzene rings is 7. The van der Waals surface area contributed by atoms with Crippen molar-refractivity contribution in [1.29, 1.82) is 0 Å². The Morgan fingerprint density at radius 1 is 0.358 bits per heavy atom. The van der Waals surface area contributed by atoms with E-state index in [0.29, 0.717) is 0 Å². The van der Waals surface area contributed by atoms with Gasteiger partial charge < -0.3 is 9.80 Å². The third-order valence-corrected chi connectivity index (χ3v) is 11.0. The summed E-state index contributed by atoms with van der Waals surface area (Å²) in [6, 6.07) is 61.7. The zero-order valence-corrected chi connectivity index (χ0v) is 31.4. The smallest absolute Gasteiger partial charge is 0.109 e. The molecular weight excluding hydrogens is 661 g/mol. The van der Waals surface area contributed by atoms with Crippen molar-refractivity contribution in [3.63, 3.8) is 0 Å². The van der Waals surface area contributed by atoms with E-state index in [1.807, 2.05) is 11.3 Å². The fraction of sp³-hybridized carbons (Fsp3) is 0.0800. The SMILES string of the molecule is Cc1ccc(N(c2ccc(C)cc2)c2ccc(/C=C/c3ccc(-c4sc(N(c5ccc(C)cc5)c5ccc(C)cc5)c5ccccc45)cc3)cc2)cc1. The number of thiophene rings is 1. The second kappa shape index (κ2) is 14.8. The van der Waals surface area contributed by atoms with Crippen LogP contribution in [0.5, 0.6) is 0 Å². The summed E-state index contributed by atoms with van der Waals surface area (Å²) in [6.45, 7) is 8.53. The van der Waals surface area contributed by atoms with Crippen LogP contribution in [-0.2, 0) is 0 Å². The predicted octanol–water partition coefficient (Wildman–Crippen LogP) is 14.9.